The number of amides is 1. The number of benzene rings is 1. The van der Waals surface area contributed by atoms with Crippen molar-refractivity contribution in [2.75, 3.05) is 18.4 Å². The monoisotopic (exact) mass is 556 g/mol. The minimum absolute atomic E-state index is 0.0275. The van der Waals surface area contributed by atoms with E-state index in [9.17, 15) is 13.6 Å². The SMILES string of the molecule is CC(C)(C)OC(=O)N1CCC(c2cc3nc(Nc4cnn(C5CC5(F)F)c4Cl)ncc3cc2Cl)C(F)C1. The summed E-state index contributed by atoms with van der Waals surface area (Å²) in [5, 5.41) is 7.91. The van der Waals surface area contributed by atoms with Crippen molar-refractivity contribution in [1.82, 2.24) is 24.6 Å². The van der Waals surface area contributed by atoms with E-state index in [1.807, 2.05) is 0 Å². The highest BCUT2D eigenvalue weighted by molar-refractivity contribution is 6.32. The zero-order chi connectivity index (χ0) is 26.7. The molecule has 3 heterocycles. The molecule has 0 radical (unpaired) electrons. The third kappa shape index (κ3) is 5.29. The quantitative estimate of drug-likeness (QED) is 0.393. The van der Waals surface area contributed by atoms with Gasteiger partial charge in [-0.15, -0.1) is 0 Å². The minimum Gasteiger partial charge on any atom is -0.444 e. The van der Waals surface area contributed by atoms with Crippen molar-refractivity contribution in [1.29, 1.82) is 0 Å². The van der Waals surface area contributed by atoms with Gasteiger partial charge in [-0.05, 0) is 44.9 Å². The van der Waals surface area contributed by atoms with Crippen LogP contribution in [0.25, 0.3) is 10.9 Å². The molecule has 1 aromatic carbocycles. The molecule has 198 valence electrons. The number of likely N-dealkylation sites (tertiary alicyclic amines) is 1. The lowest BCUT2D eigenvalue weighted by Crippen LogP contribution is -2.46. The molecule has 1 aliphatic carbocycles. The van der Waals surface area contributed by atoms with Crippen molar-refractivity contribution in [3.8, 4) is 0 Å². The molecule has 1 aliphatic heterocycles. The predicted molar refractivity (Wildman–Crippen MR) is 134 cm³/mol. The molecule has 2 aromatic heterocycles. The van der Waals surface area contributed by atoms with E-state index in [1.54, 1.807) is 39.1 Å². The summed E-state index contributed by atoms with van der Waals surface area (Å²) in [5.41, 5.74) is 0.711. The van der Waals surface area contributed by atoms with Gasteiger partial charge in [0.25, 0.3) is 5.92 Å². The van der Waals surface area contributed by atoms with Gasteiger partial charge >= 0.3 is 6.09 Å². The molecule has 1 amide bonds. The van der Waals surface area contributed by atoms with Gasteiger partial charge in [-0.1, -0.05) is 23.2 Å². The highest BCUT2D eigenvalue weighted by Crippen LogP contribution is 2.53. The first kappa shape index (κ1) is 25.8. The van der Waals surface area contributed by atoms with Crippen LogP contribution >= 0.6 is 23.2 Å². The molecule has 5 rings (SSSR count). The molecule has 1 saturated carbocycles. The standard InChI is InChI=1S/C24H25Cl2F3N6O2/c1-23(2,3)37-22(36)34-5-4-13(16(27)11-34)14-7-17-12(6-15(14)25)9-30-21(32-17)33-18-10-31-35(20(18)26)19-8-24(19,28)29/h6-7,9-10,13,16,19H,4-5,8,11H2,1-3H3,(H,30,32,33). The largest absolute Gasteiger partial charge is 0.444 e. The maximum atomic E-state index is 15.3. The van der Waals surface area contributed by atoms with Gasteiger partial charge in [-0.2, -0.15) is 5.10 Å². The second-order valence-corrected chi connectivity index (χ2v) is 11.1. The van der Waals surface area contributed by atoms with E-state index >= 15 is 4.39 Å². The van der Waals surface area contributed by atoms with Crippen molar-refractivity contribution in [3.05, 3.63) is 40.3 Å². The van der Waals surface area contributed by atoms with Gasteiger partial charge < -0.3 is 15.0 Å². The van der Waals surface area contributed by atoms with Crippen molar-refractivity contribution >= 4 is 51.8 Å². The number of anilines is 2. The molecule has 2 fully saturated rings. The number of nitrogens with one attached hydrogen (secondary N) is 1. The summed E-state index contributed by atoms with van der Waals surface area (Å²) >= 11 is 12.7. The van der Waals surface area contributed by atoms with Gasteiger partial charge in [-0.25, -0.2) is 32.6 Å². The van der Waals surface area contributed by atoms with Crippen LogP contribution in [0.5, 0.6) is 0 Å². The fraction of sp³-hybridized carbons (Fsp3) is 0.500. The first-order chi connectivity index (χ1) is 17.3. The van der Waals surface area contributed by atoms with Crippen LogP contribution < -0.4 is 5.32 Å². The Morgan fingerprint density at radius 1 is 1.24 bits per heavy atom. The Labute approximate surface area is 221 Å². The molecule has 3 aromatic rings. The number of hydrogen-bond donors (Lipinski definition) is 1. The Bertz CT molecular complexity index is 1360. The molecule has 3 atom stereocenters. The molecule has 37 heavy (non-hydrogen) atoms. The smallest absolute Gasteiger partial charge is 0.410 e. The van der Waals surface area contributed by atoms with Gasteiger partial charge in [0.15, 0.2) is 5.15 Å². The number of halogens is 5. The summed E-state index contributed by atoms with van der Waals surface area (Å²) in [4.78, 5) is 22.5. The number of aromatic nitrogens is 4. The zero-order valence-corrected chi connectivity index (χ0v) is 21.8. The molecule has 1 saturated heterocycles. The van der Waals surface area contributed by atoms with Gasteiger partial charge in [0, 0.05) is 35.5 Å². The third-order valence-corrected chi connectivity index (χ3v) is 7.06. The first-order valence-electron chi connectivity index (χ1n) is 11.8. The normalized spacial score (nSPS) is 23.2. The van der Waals surface area contributed by atoms with E-state index in [0.717, 1.165) is 4.68 Å². The van der Waals surface area contributed by atoms with E-state index in [1.165, 1.54) is 11.1 Å². The number of carbonyl (C=O) groups excluding carboxylic acids is 1. The molecular weight excluding hydrogens is 532 g/mol. The topological polar surface area (TPSA) is 85.2 Å². The van der Waals surface area contributed by atoms with E-state index in [-0.39, 0.29) is 29.8 Å². The molecule has 8 nitrogen and oxygen atoms in total. The number of ether oxygens (including phenoxy) is 1. The number of hydrogen-bond acceptors (Lipinski definition) is 6. The van der Waals surface area contributed by atoms with E-state index in [2.05, 4.69) is 20.4 Å². The Balaban J connectivity index is 1.34. The summed E-state index contributed by atoms with van der Waals surface area (Å²) in [6.45, 7) is 5.50. The summed E-state index contributed by atoms with van der Waals surface area (Å²) in [5.74, 6) is -3.18. The predicted octanol–water partition coefficient (Wildman–Crippen LogP) is 6.52. The fourth-order valence-corrected chi connectivity index (χ4v) is 4.96. The Morgan fingerprint density at radius 3 is 2.62 bits per heavy atom. The number of piperidine rings is 1. The fourth-order valence-electron chi connectivity index (χ4n) is 4.39. The van der Waals surface area contributed by atoms with Crippen molar-refractivity contribution in [2.24, 2.45) is 0 Å². The average Bonchev–Trinajstić information content (AvgIpc) is 3.29. The molecule has 2 aliphatic rings. The molecule has 0 bridgehead atoms. The Kier molecular flexibility index (Phi) is 6.42. The van der Waals surface area contributed by atoms with Crippen LogP contribution in [-0.2, 0) is 4.74 Å². The van der Waals surface area contributed by atoms with Gasteiger partial charge in [0.1, 0.15) is 17.8 Å². The number of rotatable bonds is 4. The molecule has 3 unspecified atom stereocenters. The Morgan fingerprint density at radius 2 is 1.97 bits per heavy atom. The van der Waals surface area contributed by atoms with Crippen LogP contribution in [0.2, 0.25) is 10.2 Å². The second-order valence-electron chi connectivity index (χ2n) is 10.4. The number of carbonyl (C=O) groups is 1. The molecule has 0 spiro atoms. The lowest BCUT2D eigenvalue weighted by molar-refractivity contribution is 0.0111. The molecule has 13 heteroatoms. The summed E-state index contributed by atoms with van der Waals surface area (Å²) in [6, 6.07) is 2.32. The van der Waals surface area contributed by atoms with Gasteiger partial charge in [0.2, 0.25) is 5.95 Å². The molecular formula is C24H25Cl2F3N6O2. The second kappa shape index (κ2) is 9.20. The van der Waals surface area contributed by atoms with Crippen molar-refractivity contribution in [2.45, 2.75) is 63.3 Å². The maximum absolute atomic E-state index is 15.3. The Hall–Kier alpha value is -2.79. The van der Waals surface area contributed by atoms with Crippen molar-refractivity contribution < 1.29 is 22.7 Å². The summed E-state index contributed by atoms with van der Waals surface area (Å²) in [7, 11) is 0. The minimum atomic E-state index is -2.82. The average molecular weight is 557 g/mol. The van der Waals surface area contributed by atoms with Crippen LogP contribution in [0.1, 0.15) is 51.1 Å². The van der Waals surface area contributed by atoms with Gasteiger partial charge in [-0.3, -0.25) is 0 Å². The van der Waals surface area contributed by atoms with Gasteiger partial charge in [0.05, 0.1) is 23.9 Å². The van der Waals surface area contributed by atoms with Crippen LogP contribution in [0.15, 0.2) is 24.5 Å². The van der Waals surface area contributed by atoms with E-state index in [0.29, 0.717) is 34.5 Å². The maximum Gasteiger partial charge on any atom is 0.410 e. The zero-order valence-electron chi connectivity index (χ0n) is 20.3. The summed E-state index contributed by atoms with van der Waals surface area (Å²) < 4.78 is 48.6. The van der Waals surface area contributed by atoms with Crippen LogP contribution in [0.4, 0.5) is 29.6 Å². The lowest BCUT2D eigenvalue weighted by Gasteiger charge is -2.36. The van der Waals surface area contributed by atoms with E-state index in [4.69, 9.17) is 27.9 Å². The summed E-state index contributed by atoms with van der Waals surface area (Å²) in [6.07, 6.45) is 1.04. The lowest BCUT2D eigenvalue weighted by atomic mass is 9.87. The van der Waals surface area contributed by atoms with Crippen molar-refractivity contribution in [3.63, 3.8) is 0 Å². The first-order valence-corrected chi connectivity index (χ1v) is 12.5. The van der Waals surface area contributed by atoms with Crippen LogP contribution in [0, 0.1) is 0 Å². The number of alkyl halides is 3. The number of fused-ring (bicyclic) bond motifs is 1. The highest BCUT2D eigenvalue weighted by Gasteiger charge is 2.59. The van der Waals surface area contributed by atoms with E-state index < -0.39 is 35.7 Å². The third-order valence-electron chi connectivity index (χ3n) is 6.36. The highest BCUT2D eigenvalue weighted by atomic mass is 35.5. The van der Waals surface area contributed by atoms with Crippen LogP contribution in [-0.4, -0.2) is 61.5 Å². The molecule has 1 N–H and O–H groups in total. The van der Waals surface area contributed by atoms with Crippen LogP contribution in [0.3, 0.4) is 0 Å². The number of nitrogens with zero attached hydrogens (tertiary/aromatic N) is 5.